The summed E-state index contributed by atoms with van der Waals surface area (Å²) in [5.41, 5.74) is 0. The van der Waals surface area contributed by atoms with Crippen molar-refractivity contribution < 1.29 is 4.79 Å². The first kappa shape index (κ1) is 17.3. The monoisotopic (exact) mass is 305 g/mol. The number of carbonyl (C=O) groups excluding carboxylic acids is 1. The van der Waals surface area contributed by atoms with Crippen molar-refractivity contribution >= 4 is 5.91 Å². The van der Waals surface area contributed by atoms with Crippen LogP contribution in [-0.2, 0) is 4.79 Å². The number of nitriles is 1. The van der Waals surface area contributed by atoms with Crippen molar-refractivity contribution in [1.82, 2.24) is 10.2 Å². The molecule has 1 N–H and O–H groups in total. The second kappa shape index (κ2) is 9.15. The molecule has 22 heavy (non-hydrogen) atoms. The molecule has 2 rings (SSSR count). The zero-order chi connectivity index (χ0) is 15.8. The predicted molar refractivity (Wildman–Crippen MR) is 88.1 cm³/mol. The van der Waals surface area contributed by atoms with Crippen LogP contribution in [0.4, 0.5) is 0 Å². The molecule has 1 atom stereocenters. The Kier molecular flexibility index (Phi) is 7.18. The lowest BCUT2D eigenvalue weighted by atomic mass is 9.79. The van der Waals surface area contributed by atoms with Gasteiger partial charge in [0, 0.05) is 13.0 Å². The number of piperidine rings is 1. The second-order valence-electron chi connectivity index (χ2n) is 7.26. The molecule has 1 aliphatic heterocycles. The third-order valence-corrected chi connectivity index (χ3v) is 5.55. The molecule has 1 saturated carbocycles. The fraction of sp³-hybridized carbons (Fsp3) is 0.889. The van der Waals surface area contributed by atoms with Gasteiger partial charge in [0.1, 0.15) is 0 Å². The number of hydrogen-bond acceptors (Lipinski definition) is 3. The van der Waals surface area contributed by atoms with E-state index in [1.807, 2.05) is 0 Å². The van der Waals surface area contributed by atoms with Gasteiger partial charge in [-0.05, 0) is 43.7 Å². The van der Waals surface area contributed by atoms with Crippen LogP contribution in [0.25, 0.3) is 0 Å². The Morgan fingerprint density at radius 3 is 2.55 bits per heavy atom. The van der Waals surface area contributed by atoms with Crippen LogP contribution in [-0.4, -0.2) is 37.0 Å². The molecule has 1 unspecified atom stereocenters. The smallest absolute Gasteiger partial charge is 0.220 e. The third kappa shape index (κ3) is 5.61. The Hall–Kier alpha value is -1.08. The molecular weight excluding hydrogens is 274 g/mol. The lowest BCUT2D eigenvalue weighted by Crippen LogP contribution is -2.39. The average molecular weight is 305 g/mol. The van der Waals surface area contributed by atoms with Crippen molar-refractivity contribution in [3.63, 3.8) is 0 Å². The van der Waals surface area contributed by atoms with Gasteiger partial charge in [-0.2, -0.15) is 5.26 Å². The topological polar surface area (TPSA) is 56.1 Å². The van der Waals surface area contributed by atoms with Gasteiger partial charge in [0.2, 0.25) is 5.91 Å². The fourth-order valence-corrected chi connectivity index (χ4v) is 3.94. The van der Waals surface area contributed by atoms with E-state index in [0.717, 1.165) is 38.4 Å². The molecule has 0 aromatic carbocycles. The molecule has 1 aliphatic carbocycles. The molecule has 4 nitrogen and oxygen atoms in total. The van der Waals surface area contributed by atoms with Gasteiger partial charge < -0.3 is 5.32 Å². The number of hydrogen-bond donors (Lipinski definition) is 1. The number of amides is 1. The molecule has 2 aliphatic rings. The zero-order valence-electron chi connectivity index (χ0n) is 14.0. The number of nitrogens with one attached hydrogen (secondary N) is 1. The van der Waals surface area contributed by atoms with E-state index < -0.39 is 0 Å². The minimum Gasteiger partial charge on any atom is -0.356 e. The van der Waals surface area contributed by atoms with E-state index >= 15 is 0 Å². The molecule has 4 heteroatoms. The van der Waals surface area contributed by atoms with Crippen molar-refractivity contribution in [3.05, 3.63) is 0 Å². The highest BCUT2D eigenvalue weighted by molar-refractivity contribution is 5.76. The van der Waals surface area contributed by atoms with Gasteiger partial charge in [-0.25, -0.2) is 0 Å². The lowest BCUT2D eigenvalue weighted by molar-refractivity contribution is -0.122. The summed E-state index contributed by atoms with van der Waals surface area (Å²) in [6, 6.07) is 2.21. The molecule has 1 amide bonds. The quantitative estimate of drug-likeness (QED) is 0.768. The number of carbonyl (C=O) groups is 1. The summed E-state index contributed by atoms with van der Waals surface area (Å²) in [7, 11) is 0. The first-order valence-corrected chi connectivity index (χ1v) is 9.05. The van der Waals surface area contributed by atoms with E-state index in [1.54, 1.807) is 0 Å². The molecular formula is C18H31N3O. The molecule has 124 valence electrons. The van der Waals surface area contributed by atoms with E-state index in [0.29, 0.717) is 24.8 Å². The van der Waals surface area contributed by atoms with Gasteiger partial charge in [-0.3, -0.25) is 9.69 Å². The van der Waals surface area contributed by atoms with Gasteiger partial charge in [0.05, 0.1) is 12.6 Å². The van der Waals surface area contributed by atoms with Crippen molar-refractivity contribution in [2.45, 2.75) is 58.3 Å². The lowest BCUT2D eigenvalue weighted by Gasteiger charge is -2.30. The number of nitrogens with zero attached hydrogens (tertiary/aromatic N) is 2. The van der Waals surface area contributed by atoms with E-state index in [2.05, 4.69) is 23.2 Å². The van der Waals surface area contributed by atoms with Crippen LogP contribution in [0.2, 0.25) is 0 Å². The van der Waals surface area contributed by atoms with Gasteiger partial charge in [-0.15, -0.1) is 0 Å². The Balaban J connectivity index is 1.60. The third-order valence-electron chi connectivity index (χ3n) is 5.55. The highest BCUT2D eigenvalue weighted by Crippen LogP contribution is 2.31. The molecule has 1 heterocycles. The maximum Gasteiger partial charge on any atom is 0.220 e. The fourth-order valence-electron chi connectivity index (χ4n) is 3.94. The summed E-state index contributed by atoms with van der Waals surface area (Å²) in [4.78, 5) is 14.3. The first-order chi connectivity index (χ1) is 10.7. The molecule has 0 spiro atoms. The molecule has 0 radical (unpaired) electrons. The molecule has 2 fully saturated rings. The summed E-state index contributed by atoms with van der Waals surface area (Å²) in [5.74, 6) is 2.10. The van der Waals surface area contributed by atoms with Crippen LogP contribution >= 0.6 is 0 Å². The normalized spacial score (nSPS) is 22.9. The summed E-state index contributed by atoms with van der Waals surface area (Å²) in [5, 5.41) is 11.8. The van der Waals surface area contributed by atoms with Crippen molar-refractivity contribution in [3.8, 4) is 6.07 Å². The number of rotatable bonds is 6. The van der Waals surface area contributed by atoms with Crippen LogP contribution in [0, 0.1) is 29.1 Å². The molecule has 0 bridgehead atoms. The van der Waals surface area contributed by atoms with E-state index in [-0.39, 0.29) is 5.91 Å². The maximum atomic E-state index is 12.1. The Bertz CT molecular complexity index is 376. The summed E-state index contributed by atoms with van der Waals surface area (Å²) in [6.07, 6.45) is 9.57. The SMILES string of the molecule is CC(CC(=O)NCC1CCN(CC#N)CC1)C1CCCCC1. The van der Waals surface area contributed by atoms with E-state index in [9.17, 15) is 4.79 Å². The highest BCUT2D eigenvalue weighted by atomic mass is 16.1. The van der Waals surface area contributed by atoms with E-state index in [4.69, 9.17) is 5.26 Å². The minimum atomic E-state index is 0.234. The van der Waals surface area contributed by atoms with Crippen LogP contribution in [0.15, 0.2) is 0 Å². The van der Waals surface area contributed by atoms with Crippen molar-refractivity contribution in [2.24, 2.45) is 17.8 Å². The standard InChI is InChI=1S/C18H31N3O/c1-15(17-5-3-2-4-6-17)13-18(22)20-14-16-7-10-21(11-8-16)12-9-19/h15-17H,2-8,10-14H2,1H3,(H,20,22). The van der Waals surface area contributed by atoms with Gasteiger partial charge in [0.25, 0.3) is 0 Å². The van der Waals surface area contributed by atoms with Crippen LogP contribution < -0.4 is 5.32 Å². The average Bonchev–Trinajstić information content (AvgIpc) is 2.55. The molecule has 0 aromatic heterocycles. The first-order valence-electron chi connectivity index (χ1n) is 9.05. The van der Waals surface area contributed by atoms with Gasteiger partial charge in [-0.1, -0.05) is 39.0 Å². The molecule has 1 saturated heterocycles. The summed E-state index contributed by atoms with van der Waals surface area (Å²) >= 11 is 0. The zero-order valence-corrected chi connectivity index (χ0v) is 14.0. The Labute approximate surface area is 135 Å². The number of likely N-dealkylation sites (tertiary alicyclic amines) is 1. The Morgan fingerprint density at radius 1 is 1.23 bits per heavy atom. The van der Waals surface area contributed by atoms with Gasteiger partial charge in [0.15, 0.2) is 0 Å². The van der Waals surface area contributed by atoms with Crippen molar-refractivity contribution in [1.29, 1.82) is 5.26 Å². The van der Waals surface area contributed by atoms with Crippen LogP contribution in [0.3, 0.4) is 0 Å². The largest absolute Gasteiger partial charge is 0.356 e. The van der Waals surface area contributed by atoms with Gasteiger partial charge >= 0.3 is 0 Å². The van der Waals surface area contributed by atoms with Crippen LogP contribution in [0.1, 0.15) is 58.3 Å². The minimum absolute atomic E-state index is 0.234. The van der Waals surface area contributed by atoms with Crippen LogP contribution in [0.5, 0.6) is 0 Å². The predicted octanol–water partition coefficient (Wildman–Crippen LogP) is 2.94. The summed E-state index contributed by atoms with van der Waals surface area (Å²) < 4.78 is 0. The Morgan fingerprint density at radius 2 is 1.91 bits per heavy atom. The second-order valence-corrected chi connectivity index (χ2v) is 7.26. The molecule has 0 aromatic rings. The summed E-state index contributed by atoms with van der Waals surface area (Å²) in [6.45, 7) is 5.59. The highest BCUT2D eigenvalue weighted by Gasteiger charge is 2.23. The maximum absolute atomic E-state index is 12.1. The van der Waals surface area contributed by atoms with Crippen molar-refractivity contribution in [2.75, 3.05) is 26.2 Å². The van der Waals surface area contributed by atoms with E-state index in [1.165, 1.54) is 32.1 Å².